The highest BCUT2D eigenvalue weighted by Crippen LogP contribution is 2.41. The Morgan fingerprint density at radius 2 is 1.83 bits per heavy atom. The smallest absolute Gasteiger partial charge is 0.253 e. The van der Waals surface area contributed by atoms with Crippen LogP contribution in [0, 0.1) is 6.92 Å². The van der Waals surface area contributed by atoms with Gasteiger partial charge in [0.05, 0.1) is 17.7 Å². The molecule has 3 heterocycles. The van der Waals surface area contributed by atoms with E-state index in [1.54, 1.807) is 11.3 Å². The molecule has 1 unspecified atom stereocenters. The van der Waals surface area contributed by atoms with Crippen molar-refractivity contribution in [2.75, 3.05) is 5.75 Å². The molecule has 2 aromatic heterocycles. The second-order valence-corrected chi connectivity index (χ2v) is 9.90. The fourth-order valence-electron chi connectivity index (χ4n) is 4.36. The van der Waals surface area contributed by atoms with Gasteiger partial charge in [0.15, 0.2) is 5.16 Å². The second-order valence-electron chi connectivity index (χ2n) is 8.96. The summed E-state index contributed by atoms with van der Waals surface area (Å²) in [6.07, 6.45) is 4.50. The van der Waals surface area contributed by atoms with Gasteiger partial charge in [0.2, 0.25) is 0 Å². The maximum Gasteiger partial charge on any atom is 0.253 e. The number of hydrogen-bond acceptors (Lipinski definition) is 6. The molecular formula is C27H25N5O2S. The van der Waals surface area contributed by atoms with Crippen LogP contribution < -0.4 is 0 Å². The first-order valence-corrected chi connectivity index (χ1v) is 12.8. The monoisotopic (exact) mass is 483 g/mol. The minimum Gasteiger partial charge on any atom is -0.467 e. The normalized spacial score (nSPS) is 17.6. The van der Waals surface area contributed by atoms with Crippen LogP contribution in [0.3, 0.4) is 0 Å². The predicted molar refractivity (Wildman–Crippen MR) is 135 cm³/mol. The SMILES string of the molecule is Cc1ccc(C2=NN(C(=O)CSc3nnc(C4CC4)n3-c3ccccc3)C(c3ccco3)C2)cc1. The molecule has 1 aliphatic heterocycles. The number of aromatic nitrogens is 3. The topological polar surface area (TPSA) is 76.5 Å². The summed E-state index contributed by atoms with van der Waals surface area (Å²) in [6.45, 7) is 2.06. The largest absolute Gasteiger partial charge is 0.467 e. The Labute approximate surface area is 207 Å². The summed E-state index contributed by atoms with van der Waals surface area (Å²) in [5, 5.41) is 16.0. The van der Waals surface area contributed by atoms with E-state index in [0.717, 1.165) is 46.5 Å². The van der Waals surface area contributed by atoms with Gasteiger partial charge >= 0.3 is 0 Å². The first-order valence-electron chi connectivity index (χ1n) is 11.8. The van der Waals surface area contributed by atoms with Crippen LogP contribution in [0.25, 0.3) is 5.69 Å². The van der Waals surface area contributed by atoms with E-state index in [9.17, 15) is 4.79 Å². The van der Waals surface area contributed by atoms with E-state index < -0.39 is 0 Å². The van der Waals surface area contributed by atoms with Crippen molar-refractivity contribution in [1.29, 1.82) is 0 Å². The molecule has 176 valence electrons. The fraction of sp³-hybridized carbons (Fsp3) is 0.259. The zero-order chi connectivity index (χ0) is 23.8. The van der Waals surface area contributed by atoms with E-state index in [2.05, 4.69) is 46.0 Å². The highest BCUT2D eigenvalue weighted by molar-refractivity contribution is 7.99. The van der Waals surface area contributed by atoms with Gasteiger partial charge in [-0.2, -0.15) is 5.10 Å². The van der Waals surface area contributed by atoms with Gasteiger partial charge in [-0.25, -0.2) is 5.01 Å². The van der Waals surface area contributed by atoms with Crippen LogP contribution in [-0.2, 0) is 4.79 Å². The molecule has 8 heteroatoms. The third-order valence-electron chi connectivity index (χ3n) is 6.36. The lowest BCUT2D eigenvalue weighted by Crippen LogP contribution is -2.28. The second kappa shape index (κ2) is 9.19. The van der Waals surface area contributed by atoms with Crippen LogP contribution >= 0.6 is 11.8 Å². The van der Waals surface area contributed by atoms with Gasteiger partial charge < -0.3 is 4.42 Å². The molecule has 35 heavy (non-hydrogen) atoms. The van der Waals surface area contributed by atoms with Gasteiger partial charge in [0.1, 0.15) is 17.6 Å². The van der Waals surface area contributed by atoms with E-state index in [0.29, 0.717) is 12.3 Å². The van der Waals surface area contributed by atoms with Crippen molar-refractivity contribution < 1.29 is 9.21 Å². The quantitative estimate of drug-likeness (QED) is 0.324. The molecule has 7 nitrogen and oxygen atoms in total. The third kappa shape index (κ3) is 4.41. The minimum atomic E-state index is -0.261. The van der Waals surface area contributed by atoms with Crippen LogP contribution in [-0.4, -0.2) is 37.1 Å². The van der Waals surface area contributed by atoms with E-state index in [4.69, 9.17) is 9.52 Å². The Hall–Kier alpha value is -3.65. The van der Waals surface area contributed by atoms with Crippen molar-refractivity contribution in [2.24, 2.45) is 5.10 Å². The molecular weight excluding hydrogens is 458 g/mol. The molecule has 1 amide bonds. The van der Waals surface area contributed by atoms with E-state index in [1.165, 1.54) is 17.3 Å². The van der Waals surface area contributed by atoms with Crippen LogP contribution in [0.2, 0.25) is 0 Å². The number of rotatable bonds is 7. The van der Waals surface area contributed by atoms with Crippen LogP contribution in [0.5, 0.6) is 0 Å². The maximum atomic E-state index is 13.5. The molecule has 0 bridgehead atoms. The molecule has 0 spiro atoms. The van der Waals surface area contributed by atoms with Gasteiger partial charge in [-0.05, 0) is 49.6 Å². The molecule has 0 N–H and O–H groups in total. The number of thioether (sulfide) groups is 1. The number of hydrazone groups is 1. The Morgan fingerprint density at radius 3 is 2.54 bits per heavy atom. The molecule has 2 aliphatic rings. The molecule has 0 saturated heterocycles. The Morgan fingerprint density at radius 1 is 1.03 bits per heavy atom. The number of amides is 1. The summed E-state index contributed by atoms with van der Waals surface area (Å²) in [4.78, 5) is 13.5. The average molecular weight is 484 g/mol. The van der Waals surface area contributed by atoms with Crippen molar-refractivity contribution in [3.05, 3.63) is 95.7 Å². The van der Waals surface area contributed by atoms with E-state index in [-0.39, 0.29) is 17.7 Å². The van der Waals surface area contributed by atoms with Crippen molar-refractivity contribution in [1.82, 2.24) is 19.8 Å². The summed E-state index contributed by atoms with van der Waals surface area (Å²) >= 11 is 1.40. The van der Waals surface area contributed by atoms with Gasteiger partial charge in [0.25, 0.3) is 5.91 Å². The zero-order valence-electron chi connectivity index (χ0n) is 19.4. The minimum absolute atomic E-state index is 0.0888. The van der Waals surface area contributed by atoms with Crippen molar-refractivity contribution in [3.63, 3.8) is 0 Å². The number of carbonyl (C=O) groups excluding carboxylic acids is 1. The number of para-hydroxylation sites is 1. The van der Waals surface area contributed by atoms with Crippen molar-refractivity contribution in [3.8, 4) is 5.69 Å². The summed E-state index contributed by atoms with van der Waals surface area (Å²) < 4.78 is 7.76. The first kappa shape index (κ1) is 21.9. The summed E-state index contributed by atoms with van der Waals surface area (Å²) in [5.74, 6) is 2.26. The maximum absolute atomic E-state index is 13.5. The molecule has 1 atom stereocenters. The number of furan rings is 1. The van der Waals surface area contributed by atoms with E-state index >= 15 is 0 Å². The van der Waals surface area contributed by atoms with Gasteiger partial charge in [-0.15, -0.1) is 10.2 Å². The lowest BCUT2D eigenvalue weighted by atomic mass is 10.0. The number of aryl methyl sites for hydroxylation is 1. The van der Waals surface area contributed by atoms with Gasteiger partial charge in [0, 0.05) is 18.0 Å². The molecule has 1 aliphatic carbocycles. The Bertz CT molecular complexity index is 1360. The third-order valence-corrected chi connectivity index (χ3v) is 7.28. The highest BCUT2D eigenvalue weighted by atomic mass is 32.2. The number of hydrogen-bond donors (Lipinski definition) is 0. The van der Waals surface area contributed by atoms with Crippen LogP contribution in [0.4, 0.5) is 0 Å². The number of benzene rings is 2. The molecule has 2 aromatic carbocycles. The first-order chi connectivity index (χ1) is 17.2. The molecule has 4 aromatic rings. The predicted octanol–water partition coefficient (Wildman–Crippen LogP) is 5.52. The molecule has 1 fully saturated rings. The molecule has 6 rings (SSSR count). The van der Waals surface area contributed by atoms with Gasteiger partial charge in [-0.3, -0.25) is 9.36 Å². The van der Waals surface area contributed by atoms with Gasteiger partial charge in [-0.1, -0.05) is 59.8 Å². The lowest BCUT2D eigenvalue weighted by molar-refractivity contribution is -0.130. The fourth-order valence-corrected chi connectivity index (χ4v) is 5.17. The van der Waals surface area contributed by atoms with Crippen molar-refractivity contribution in [2.45, 2.75) is 43.3 Å². The molecule has 0 radical (unpaired) electrons. The summed E-state index contributed by atoms with van der Waals surface area (Å²) in [5.41, 5.74) is 4.11. The lowest BCUT2D eigenvalue weighted by Gasteiger charge is -2.19. The standard InChI is InChI=1S/C27H25N5O2S/c1-18-9-11-19(12-10-18)22-16-23(24-8-5-15-34-24)32(30-22)25(33)17-35-27-29-28-26(20-13-14-20)31(27)21-6-3-2-4-7-21/h2-12,15,20,23H,13-14,16-17H2,1H3. The van der Waals surface area contributed by atoms with E-state index in [1.807, 2.05) is 42.5 Å². The van der Waals surface area contributed by atoms with Crippen LogP contribution in [0.15, 0.2) is 87.7 Å². The summed E-state index contributed by atoms with van der Waals surface area (Å²) in [6, 6.07) is 21.8. The molecule has 1 saturated carbocycles. The zero-order valence-corrected chi connectivity index (χ0v) is 20.2. The average Bonchev–Trinajstić information content (AvgIpc) is 3.27. The number of carbonyl (C=O) groups is 1. The highest BCUT2D eigenvalue weighted by Gasteiger charge is 2.35. The summed E-state index contributed by atoms with van der Waals surface area (Å²) in [7, 11) is 0. The number of nitrogens with zero attached hydrogens (tertiary/aromatic N) is 5. The van der Waals surface area contributed by atoms with Crippen molar-refractivity contribution >= 4 is 23.4 Å². The van der Waals surface area contributed by atoms with Crippen LogP contribution in [0.1, 0.15) is 53.9 Å². The Balaban J connectivity index is 1.25. The Kier molecular flexibility index (Phi) is 5.74.